The van der Waals surface area contributed by atoms with Gasteiger partial charge in [-0.05, 0) is 40.2 Å². The molecule has 0 saturated carbocycles. The number of carbonyl (C=O) groups excluding carboxylic acids is 1. The number of nitrogens with zero attached hydrogens (tertiary/aromatic N) is 1. The molecule has 0 saturated heterocycles. The molecule has 1 aliphatic heterocycles. The van der Waals surface area contributed by atoms with E-state index in [0.29, 0.717) is 0 Å². The van der Waals surface area contributed by atoms with Crippen molar-refractivity contribution in [1.29, 1.82) is 0 Å². The number of hydrogen-bond acceptors (Lipinski definition) is 4. The van der Waals surface area contributed by atoms with Gasteiger partial charge in [-0.15, -0.1) is 0 Å². The Morgan fingerprint density at radius 1 is 1.30 bits per heavy atom. The molecule has 2 atom stereocenters. The minimum Gasteiger partial charge on any atom is -0.458 e. The van der Waals surface area contributed by atoms with Crippen LogP contribution in [0.2, 0.25) is 0 Å². The number of carbonyl (C=O) groups is 1. The van der Waals surface area contributed by atoms with Gasteiger partial charge in [-0.1, -0.05) is 29.8 Å². The molecule has 1 aliphatic rings. The van der Waals surface area contributed by atoms with E-state index < -0.39 is 17.2 Å². The summed E-state index contributed by atoms with van der Waals surface area (Å²) in [6.45, 7) is 9.59. The van der Waals surface area contributed by atoms with E-state index in [1.165, 1.54) is 5.56 Å². The van der Waals surface area contributed by atoms with Gasteiger partial charge in [0, 0.05) is 0 Å². The van der Waals surface area contributed by atoms with Gasteiger partial charge in [0.1, 0.15) is 5.60 Å². The summed E-state index contributed by atoms with van der Waals surface area (Å²) in [5.41, 5.74) is 1.14. The highest BCUT2D eigenvalue weighted by Gasteiger charge is 2.45. The number of esters is 1. The van der Waals surface area contributed by atoms with Crippen molar-refractivity contribution in [1.82, 2.24) is 5.32 Å². The first-order valence-corrected chi connectivity index (χ1v) is 6.82. The molecule has 0 aliphatic carbocycles. The summed E-state index contributed by atoms with van der Waals surface area (Å²) in [4.78, 5) is 16.6. The number of nitrogens with one attached hydrogen (secondary N) is 1. The number of rotatable bonds is 2. The second kappa shape index (κ2) is 4.93. The van der Waals surface area contributed by atoms with Gasteiger partial charge in [0.15, 0.2) is 6.04 Å². The number of hydrogen-bond donors (Lipinski definition) is 1. The molecular formula is C16H22N2O2. The Hall–Kier alpha value is -1.84. The molecule has 0 amide bonds. The van der Waals surface area contributed by atoms with Gasteiger partial charge < -0.3 is 10.1 Å². The molecule has 0 unspecified atom stereocenters. The summed E-state index contributed by atoms with van der Waals surface area (Å²) in [6, 6.07) is 7.55. The van der Waals surface area contributed by atoms with Crippen molar-refractivity contribution in [2.75, 3.05) is 0 Å². The van der Waals surface area contributed by atoms with E-state index in [-0.39, 0.29) is 5.97 Å². The fraction of sp³-hybridized carbons (Fsp3) is 0.500. The summed E-state index contributed by atoms with van der Waals surface area (Å²) in [5.74, 6) is -0.304. The predicted octanol–water partition coefficient (Wildman–Crippen LogP) is 2.55. The lowest BCUT2D eigenvalue weighted by atomic mass is 9.85. The molecule has 0 fully saturated rings. The molecule has 1 aromatic carbocycles. The maximum Gasteiger partial charge on any atom is 0.334 e. The zero-order chi connectivity index (χ0) is 15.0. The van der Waals surface area contributed by atoms with E-state index in [1.807, 2.05) is 58.9 Å². The van der Waals surface area contributed by atoms with Gasteiger partial charge in [-0.3, -0.25) is 4.99 Å². The van der Waals surface area contributed by atoms with Crippen LogP contribution in [0.15, 0.2) is 29.3 Å². The topological polar surface area (TPSA) is 50.7 Å². The molecule has 1 aromatic rings. The van der Waals surface area contributed by atoms with Crippen molar-refractivity contribution in [3.8, 4) is 0 Å². The molecule has 108 valence electrons. The Labute approximate surface area is 120 Å². The quantitative estimate of drug-likeness (QED) is 0.843. The highest BCUT2D eigenvalue weighted by molar-refractivity contribution is 5.83. The van der Waals surface area contributed by atoms with Crippen LogP contribution in [0.1, 0.15) is 38.8 Å². The Kier molecular flexibility index (Phi) is 3.59. The summed E-state index contributed by atoms with van der Waals surface area (Å²) in [7, 11) is 0. The molecule has 4 heteroatoms. The van der Waals surface area contributed by atoms with Crippen molar-refractivity contribution in [2.45, 2.75) is 51.8 Å². The highest BCUT2D eigenvalue weighted by Crippen LogP contribution is 2.31. The lowest BCUT2D eigenvalue weighted by Crippen LogP contribution is -2.48. The molecule has 1 heterocycles. The maximum atomic E-state index is 12.3. The third-order valence-corrected chi connectivity index (χ3v) is 3.42. The number of ether oxygens (including phenoxy) is 1. The lowest BCUT2D eigenvalue weighted by Gasteiger charge is -2.32. The van der Waals surface area contributed by atoms with Gasteiger partial charge in [-0.2, -0.15) is 0 Å². The van der Waals surface area contributed by atoms with E-state index in [9.17, 15) is 4.79 Å². The molecule has 2 rings (SSSR count). The summed E-state index contributed by atoms with van der Waals surface area (Å²) >= 11 is 0. The predicted molar refractivity (Wildman–Crippen MR) is 79.8 cm³/mol. The van der Waals surface area contributed by atoms with Gasteiger partial charge in [-0.25, -0.2) is 4.79 Å². The first-order valence-electron chi connectivity index (χ1n) is 6.82. The van der Waals surface area contributed by atoms with Crippen molar-refractivity contribution >= 4 is 12.3 Å². The first kappa shape index (κ1) is 14.6. The van der Waals surface area contributed by atoms with Crippen LogP contribution in [-0.2, 0) is 15.1 Å². The van der Waals surface area contributed by atoms with Crippen molar-refractivity contribution in [2.24, 2.45) is 4.99 Å². The van der Waals surface area contributed by atoms with E-state index in [0.717, 1.165) is 5.56 Å². The van der Waals surface area contributed by atoms with Crippen LogP contribution in [0.25, 0.3) is 0 Å². The van der Waals surface area contributed by atoms with Crippen LogP contribution in [-0.4, -0.2) is 24.0 Å². The Balaban J connectivity index is 2.27. The second-order valence-electron chi connectivity index (χ2n) is 6.43. The van der Waals surface area contributed by atoms with E-state index >= 15 is 0 Å². The zero-order valence-electron chi connectivity index (χ0n) is 12.7. The third-order valence-electron chi connectivity index (χ3n) is 3.42. The molecule has 0 radical (unpaired) electrons. The molecule has 20 heavy (non-hydrogen) atoms. The molecule has 4 nitrogen and oxygen atoms in total. The third kappa shape index (κ3) is 2.84. The van der Waals surface area contributed by atoms with Crippen LogP contribution >= 0.6 is 0 Å². The molecule has 0 aromatic heterocycles. The Bertz CT molecular complexity index is 528. The fourth-order valence-corrected chi connectivity index (χ4v) is 2.27. The lowest BCUT2D eigenvalue weighted by molar-refractivity contribution is -0.158. The molecule has 0 bridgehead atoms. The van der Waals surface area contributed by atoms with Crippen molar-refractivity contribution < 1.29 is 9.53 Å². The maximum absolute atomic E-state index is 12.3. The normalized spacial score (nSPS) is 25.4. The second-order valence-corrected chi connectivity index (χ2v) is 6.43. The van der Waals surface area contributed by atoms with E-state index in [1.54, 1.807) is 6.34 Å². The van der Waals surface area contributed by atoms with Gasteiger partial charge in [0.25, 0.3) is 0 Å². The summed E-state index contributed by atoms with van der Waals surface area (Å²) in [6.07, 6.45) is 1.59. The van der Waals surface area contributed by atoms with Crippen molar-refractivity contribution in [3.63, 3.8) is 0 Å². The standard InChI is InChI=1S/C16H22N2O2/c1-11-6-8-12(9-7-11)16(5)13(17-10-18-16)14(19)20-15(2,3)4/h6-10,13H,1-5H3,(H,17,18)/t13-,16-/m0/s1. The molecular weight excluding hydrogens is 252 g/mol. The smallest absolute Gasteiger partial charge is 0.334 e. The molecule has 0 spiro atoms. The van der Waals surface area contributed by atoms with Gasteiger partial charge in [0.05, 0.1) is 11.9 Å². The largest absolute Gasteiger partial charge is 0.458 e. The average Bonchev–Trinajstić information content (AvgIpc) is 2.71. The minimum absolute atomic E-state index is 0.304. The summed E-state index contributed by atoms with van der Waals surface area (Å²) in [5, 5.41) is 3.19. The highest BCUT2D eigenvalue weighted by atomic mass is 16.6. The fourth-order valence-electron chi connectivity index (χ4n) is 2.27. The average molecular weight is 274 g/mol. The van der Waals surface area contributed by atoms with Crippen LogP contribution in [0.5, 0.6) is 0 Å². The van der Waals surface area contributed by atoms with Gasteiger partial charge in [0.2, 0.25) is 0 Å². The minimum atomic E-state index is -0.565. The zero-order valence-corrected chi connectivity index (χ0v) is 12.7. The van der Waals surface area contributed by atoms with E-state index in [2.05, 4.69) is 10.3 Å². The number of aryl methyl sites for hydroxylation is 1. The van der Waals surface area contributed by atoms with Crippen LogP contribution in [0, 0.1) is 6.92 Å². The van der Waals surface area contributed by atoms with Crippen LogP contribution in [0.4, 0.5) is 0 Å². The summed E-state index contributed by atoms with van der Waals surface area (Å²) < 4.78 is 5.47. The number of aliphatic imine (C=N–C) groups is 1. The monoisotopic (exact) mass is 274 g/mol. The van der Waals surface area contributed by atoms with Crippen LogP contribution in [0.3, 0.4) is 0 Å². The first-order chi connectivity index (χ1) is 9.22. The van der Waals surface area contributed by atoms with Crippen LogP contribution < -0.4 is 5.32 Å². The van der Waals surface area contributed by atoms with E-state index in [4.69, 9.17) is 4.74 Å². The Morgan fingerprint density at radius 2 is 1.90 bits per heavy atom. The Morgan fingerprint density at radius 3 is 2.45 bits per heavy atom. The van der Waals surface area contributed by atoms with Gasteiger partial charge >= 0.3 is 5.97 Å². The SMILES string of the molecule is Cc1ccc([C@]2(C)NC=N[C@H]2C(=O)OC(C)(C)C)cc1. The van der Waals surface area contributed by atoms with Crippen molar-refractivity contribution in [3.05, 3.63) is 35.4 Å². The number of benzene rings is 1. The molecule has 1 N–H and O–H groups in total.